The van der Waals surface area contributed by atoms with E-state index in [0.717, 1.165) is 12.8 Å². The fourth-order valence-electron chi connectivity index (χ4n) is 2.02. The lowest BCUT2D eigenvalue weighted by molar-refractivity contribution is 0.172. The second-order valence-corrected chi connectivity index (χ2v) is 6.24. The van der Waals surface area contributed by atoms with Crippen LogP contribution in [0.15, 0.2) is 0 Å². The lowest BCUT2D eigenvalue weighted by atomic mass is 10.2. The lowest BCUT2D eigenvalue weighted by Gasteiger charge is -2.23. The molecular weight excluding hydrogens is 190 g/mol. The van der Waals surface area contributed by atoms with Crippen molar-refractivity contribution in [3.63, 3.8) is 0 Å². The number of hydrogen-bond acceptors (Lipinski definition) is 3. The zero-order valence-corrected chi connectivity index (χ0v) is 8.55. The molecule has 1 aliphatic heterocycles. The number of hydrogen-bond donors (Lipinski definition) is 1. The second kappa shape index (κ2) is 2.68. The first-order chi connectivity index (χ1) is 6.00. The van der Waals surface area contributed by atoms with Gasteiger partial charge in [0.2, 0.25) is 10.0 Å². The van der Waals surface area contributed by atoms with Crippen molar-refractivity contribution in [2.45, 2.75) is 25.3 Å². The zero-order valence-electron chi connectivity index (χ0n) is 7.73. The molecule has 0 amide bonds. The highest BCUT2D eigenvalue weighted by molar-refractivity contribution is 7.89. The Balaban J connectivity index is 2.25. The molecule has 2 fully saturated rings. The van der Waals surface area contributed by atoms with Gasteiger partial charge >= 0.3 is 0 Å². The van der Waals surface area contributed by atoms with Crippen molar-refractivity contribution in [2.24, 2.45) is 5.92 Å². The maximum absolute atomic E-state index is 11.6. The molecule has 1 N–H and O–H groups in total. The van der Waals surface area contributed by atoms with Gasteiger partial charge in [0.1, 0.15) is 0 Å². The molecule has 0 aromatic heterocycles. The normalized spacial score (nSPS) is 36.3. The molecule has 1 atom stereocenters. The molecule has 2 rings (SSSR count). The van der Waals surface area contributed by atoms with Crippen LogP contribution in [0.4, 0.5) is 0 Å². The largest absolute Gasteiger partial charge is 0.394 e. The van der Waals surface area contributed by atoms with Crippen molar-refractivity contribution < 1.29 is 13.5 Å². The van der Waals surface area contributed by atoms with Crippen molar-refractivity contribution in [1.82, 2.24) is 4.31 Å². The molecule has 0 radical (unpaired) electrons. The highest BCUT2D eigenvalue weighted by Gasteiger charge is 2.55. The fourth-order valence-corrected chi connectivity index (χ4v) is 4.33. The Kier molecular flexibility index (Phi) is 1.94. The minimum atomic E-state index is -3.07. The summed E-state index contributed by atoms with van der Waals surface area (Å²) in [6.07, 6.45) is 1.63. The summed E-state index contributed by atoms with van der Waals surface area (Å²) in [5.41, 5.74) is -0.413. The van der Waals surface area contributed by atoms with E-state index in [2.05, 4.69) is 0 Å². The molecule has 1 aliphatic carbocycles. The van der Waals surface area contributed by atoms with Crippen LogP contribution in [0.2, 0.25) is 0 Å². The quantitative estimate of drug-likeness (QED) is 0.679. The standard InChI is InChI=1S/C8H15NO3S/c1-7-4-9(13(11,12)5-7)8(6-10)2-3-8/h7,10H,2-6H2,1H3. The van der Waals surface area contributed by atoms with Crippen LogP contribution in [0.3, 0.4) is 0 Å². The molecule has 0 aromatic rings. The zero-order chi connectivity index (χ0) is 9.69. The Hall–Kier alpha value is -0.130. The molecule has 5 heteroatoms. The van der Waals surface area contributed by atoms with E-state index in [0.29, 0.717) is 6.54 Å². The molecule has 76 valence electrons. The molecule has 13 heavy (non-hydrogen) atoms. The van der Waals surface area contributed by atoms with Gasteiger partial charge in [-0.1, -0.05) is 6.92 Å². The van der Waals surface area contributed by atoms with Gasteiger partial charge < -0.3 is 5.11 Å². The number of sulfonamides is 1. The smallest absolute Gasteiger partial charge is 0.215 e. The van der Waals surface area contributed by atoms with Crippen LogP contribution in [0, 0.1) is 5.92 Å². The first-order valence-electron chi connectivity index (χ1n) is 4.62. The summed E-state index contributed by atoms with van der Waals surface area (Å²) in [5, 5.41) is 9.13. The number of aliphatic hydroxyl groups is 1. The SMILES string of the molecule is CC1CN(C2(CO)CC2)S(=O)(=O)C1. The molecule has 1 saturated carbocycles. The van der Waals surface area contributed by atoms with E-state index in [9.17, 15) is 8.42 Å². The monoisotopic (exact) mass is 205 g/mol. The summed E-state index contributed by atoms with van der Waals surface area (Å²) in [4.78, 5) is 0. The van der Waals surface area contributed by atoms with Crippen LogP contribution in [0.5, 0.6) is 0 Å². The van der Waals surface area contributed by atoms with Crippen LogP contribution in [0.25, 0.3) is 0 Å². The minimum Gasteiger partial charge on any atom is -0.394 e. The van der Waals surface area contributed by atoms with Crippen molar-refractivity contribution in [1.29, 1.82) is 0 Å². The Bertz CT molecular complexity index is 307. The third-order valence-corrected chi connectivity index (χ3v) is 5.16. The van der Waals surface area contributed by atoms with Gasteiger partial charge in [-0.15, -0.1) is 0 Å². The van der Waals surface area contributed by atoms with E-state index in [1.807, 2.05) is 6.92 Å². The van der Waals surface area contributed by atoms with Crippen molar-refractivity contribution >= 4 is 10.0 Å². The van der Waals surface area contributed by atoms with Crippen LogP contribution in [-0.4, -0.2) is 42.3 Å². The van der Waals surface area contributed by atoms with Gasteiger partial charge in [-0.3, -0.25) is 0 Å². The van der Waals surface area contributed by atoms with E-state index < -0.39 is 15.6 Å². The third kappa shape index (κ3) is 1.39. The van der Waals surface area contributed by atoms with Crippen LogP contribution < -0.4 is 0 Å². The van der Waals surface area contributed by atoms with Crippen LogP contribution in [0.1, 0.15) is 19.8 Å². The van der Waals surface area contributed by atoms with Gasteiger partial charge in [0.05, 0.1) is 17.9 Å². The van der Waals surface area contributed by atoms with Crippen LogP contribution >= 0.6 is 0 Å². The lowest BCUT2D eigenvalue weighted by Crippen LogP contribution is -2.41. The Morgan fingerprint density at radius 1 is 1.54 bits per heavy atom. The molecule has 2 aliphatic rings. The first kappa shape index (κ1) is 9.43. The summed E-state index contributed by atoms with van der Waals surface area (Å²) in [6, 6.07) is 0. The fraction of sp³-hybridized carbons (Fsp3) is 1.00. The highest BCUT2D eigenvalue weighted by Crippen LogP contribution is 2.45. The van der Waals surface area contributed by atoms with Crippen molar-refractivity contribution in [3.8, 4) is 0 Å². The predicted octanol–water partition coefficient (Wildman–Crippen LogP) is -0.207. The van der Waals surface area contributed by atoms with E-state index in [-0.39, 0.29) is 18.3 Å². The summed E-state index contributed by atoms with van der Waals surface area (Å²) >= 11 is 0. The average Bonchev–Trinajstić information content (AvgIpc) is 2.74. The third-order valence-electron chi connectivity index (χ3n) is 2.96. The number of aliphatic hydroxyl groups excluding tert-OH is 1. The highest BCUT2D eigenvalue weighted by atomic mass is 32.2. The molecule has 1 heterocycles. The summed E-state index contributed by atoms with van der Waals surface area (Å²) in [6.45, 7) is 2.49. The topological polar surface area (TPSA) is 57.6 Å². The van der Waals surface area contributed by atoms with Gasteiger partial charge in [0.15, 0.2) is 0 Å². The first-order valence-corrected chi connectivity index (χ1v) is 6.22. The van der Waals surface area contributed by atoms with E-state index in [4.69, 9.17) is 5.11 Å². The molecular formula is C8H15NO3S. The Morgan fingerprint density at radius 3 is 2.46 bits per heavy atom. The predicted molar refractivity (Wildman–Crippen MR) is 48.7 cm³/mol. The molecule has 1 saturated heterocycles. The number of rotatable bonds is 2. The minimum absolute atomic E-state index is 0.0288. The maximum Gasteiger partial charge on any atom is 0.215 e. The molecule has 0 spiro atoms. The number of nitrogens with zero attached hydrogens (tertiary/aromatic N) is 1. The molecule has 4 nitrogen and oxygen atoms in total. The molecule has 1 unspecified atom stereocenters. The van der Waals surface area contributed by atoms with E-state index in [1.54, 1.807) is 0 Å². The summed E-state index contributed by atoms with van der Waals surface area (Å²) in [5.74, 6) is 0.448. The Morgan fingerprint density at radius 2 is 2.15 bits per heavy atom. The van der Waals surface area contributed by atoms with E-state index in [1.165, 1.54) is 4.31 Å². The van der Waals surface area contributed by atoms with Gasteiger partial charge in [0.25, 0.3) is 0 Å². The van der Waals surface area contributed by atoms with Gasteiger partial charge in [-0.05, 0) is 18.8 Å². The van der Waals surface area contributed by atoms with Gasteiger partial charge in [0, 0.05) is 6.54 Å². The molecule has 0 bridgehead atoms. The van der Waals surface area contributed by atoms with E-state index >= 15 is 0 Å². The molecule has 0 aromatic carbocycles. The van der Waals surface area contributed by atoms with Crippen molar-refractivity contribution in [3.05, 3.63) is 0 Å². The average molecular weight is 205 g/mol. The Labute approximate surface area is 78.6 Å². The van der Waals surface area contributed by atoms with Crippen LogP contribution in [-0.2, 0) is 10.0 Å². The maximum atomic E-state index is 11.6. The summed E-state index contributed by atoms with van der Waals surface area (Å²) in [7, 11) is -3.07. The van der Waals surface area contributed by atoms with Crippen molar-refractivity contribution in [2.75, 3.05) is 18.9 Å². The van der Waals surface area contributed by atoms with Gasteiger partial charge in [-0.2, -0.15) is 4.31 Å². The summed E-state index contributed by atoms with van der Waals surface area (Å²) < 4.78 is 24.8. The van der Waals surface area contributed by atoms with Gasteiger partial charge in [-0.25, -0.2) is 8.42 Å². The second-order valence-electron chi connectivity index (χ2n) is 4.30.